The maximum Gasteiger partial charge on any atom is 0.183 e. The normalized spacial score (nSPS) is 12.0. The van der Waals surface area contributed by atoms with E-state index < -0.39 is 0 Å². The molecule has 1 heterocycles. The van der Waals surface area contributed by atoms with E-state index in [4.69, 9.17) is 16.3 Å². The second kappa shape index (κ2) is 3.73. The number of aromatic nitrogens is 1. The maximum absolute atomic E-state index is 5.66. The summed E-state index contributed by atoms with van der Waals surface area (Å²) in [5.41, 5.74) is -0.101. The van der Waals surface area contributed by atoms with Gasteiger partial charge < -0.3 is 4.74 Å². The van der Waals surface area contributed by atoms with Gasteiger partial charge in [-0.1, -0.05) is 11.6 Å². The van der Waals surface area contributed by atoms with E-state index in [2.05, 4.69) is 4.98 Å². The second-order valence-electron chi connectivity index (χ2n) is 3.48. The van der Waals surface area contributed by atoms with Crippen LogP contribution in [-0.4, -0.2) is 10.6 Å². The number of thiazole rings is 1. The van der Waals surface area contributed by atoms with Crippen molar-refractivity contribution in [3.05, 3.63) is 15.5 Å². The van der Waals surface area contributed by atoms with Gasteiger partial charge in [0.25, 0.3) is 0 Å². The summed E-state index contributed by atoms with van der Waals surface area (Å²) in [6, 6.07) is 0. The highest BCUT2D eigenvalue weighted by Crippen LogP contribution is 2.20. The van der Waals surface area contributed by atoms with Crippen LogP contribution in [0.4, 0.5) is 0 Å². The number of ether oxygens (including phenoxy) is 1. The first kappa shape index (κ1) is 9.96. The van der Waals surface area contributed by atoms with Crippen LogP contribution in [0.5, 0.6) is 0 Å². The number of hydrogen-bond donors (Lipinski definition) is 0. The van der Waals surface area contributed by atoms with E-state index in [0.717, 1.165) is 4.88 Å². The molecule has 1 rings (SSSR count). The standard InChI is InChI=1S/C8H12ClNOS/c1-8(2,3)11-5-6-4-10-7(9)12-6/h4H,5H2,1-3H3. The van der Waals surface area contributed by atoms with Gasteiger partial charge in [0.05, 0.1) is 17.1 Å². The van der Waals surface area contributed by atoms with E-state index >= 15 is 0 Å². The van der Waals surface area contributed by atoms with Crippen LogP contribution in [0.2, 0.25) is 4.47 Å². The summed E-state index contributed by atoms with van der Waals surface area (Å²) in [6.07, 6.45) is 1.75. The maximum atomic E-state index is 5.66. The lowest BCUT2D eigenvalue weighted by Crippen LogP contribution is -2.18. The topological polar surface area (TPSA) is 22.1 Å². The van der Waals surface area contributed by atoms with Gasteiger partial charge in [0.1, 0.15) is 0 Å². The Morgan fingerprint density at radius 2 is 2.25 bits per heavy atom. The van der Waals surface area contributed by atoms with Crippen LogP contribution >= 0.6 is 22.9 Å². The Kier molecular flexibility index (Phi) is 3.09. The van der Waals surface area contributed by atoms with Crippen LogP contribution < -0.4 is 0 Å². The molecule has 0 N–H and O–H groups in total. The van der Waals surface area contributed by atoms with Gasteiger partial charge in [-0.05, 0) is 20.8 Å². The zero-order valence-corrected chi connectivity index (χ0v) is 9.00. The lowest BCUT2D eigenvalue weighted by Gasteiger charge is -2.18. The van der Waals surface area contributed by atoms with Crippen molar-refractivity contribution in [2.24, 2.45) is 0 Å². The summed E-state index contributed by atoms with van der Waals surface area (Å²) < 4.78 is 6.11. The molecule has 0 unspecified atom stereocenters. The van der Waals surface area contributed by atoms with E-state index in [-0.39, 0.29) is 5.60 Å². The highest BCUT2D eigenvalue weighted by Gasteiger charge is 2.10. The number of nitrogens with zero attached hydrogens (tertiary/aromatic N) is 1. The highest BCUT2D eigenvalue weighted by molar-refractivity contribution is 7.15. The minimum atomic E-state index is -0.101. The zero-order valence-electron chi connectivity index (χ0n) is 7.43. The molecule has 0 saturated carbocycles. The molecule has 68 valence electrons. The number of halogens is 1. The minimum absolute atomic E-state index is 0.101. The molecule has 12 heavy (non-hydrogen) atoms. The summed E-state index contributed by atoms with van der Waals surface area (Å²) in [6.45, 7) is 6.66. The quantitative estimate of drug-likeness (QED) is 0.740. The Hall–Kier alpha value is -0.120. The van der Waals surface area contributed by atoms with Crippen molar-refractivity contribution in [3.63, 3.8) is 0 Å². The van der Waals surface area contributed by atoms with Gasteiger partial charge in [-0.15, -0.1) is 11.3 Å². The highest BCUT2D eigenvalue weighted by atomic mass is 35.5. The van der Waals surface area contributed by atoms with Crippen molar-refractivity contribution in [1.29, 1.82) is 0 Å². The Bertz CT molecular complexity index is 254. The van der Waals surface area contributed by atoms with Crippen molar-refractivity contribution in [2.75, 3.05) is 0 Å². The Labute approximate surface area is 81.5 Å². The van der Waals surface area contributed by atoms with Crippen LogP contribution in [0, 0.1) is 0 Å². The molecule has 0 aromatic carbocycles. The fourth-order valence-electron chi connectivity index (χ4n) is 0.638. The summed E-state index contributed by atoms with van der Waals surface area (Å²) in [4.78, 5) is 4.99. The minimum Gasteiger partial charge on any atom is -0.370 e. The predicted octanol–water partition coefficient (Wildman–Crippen LogP) is 3.11. The monoisotopic (exact) mass is 205 g/mol. The average molecular weight is 206 g/mol. The van der Waals surface area contributed by atoms with Crippen molar-refractivity contribution in [1.82, 2.24) is 4.98 Å². The fourth-order valence-corrected chi connectivity index (χ4v) is 1.53. The van der Waals surface area contributed by atoms with Crippen molar-refractivity contribution in [3.8, 4) is 0 Å². The second-order valence-corrected chi connectivity index (χ2v) is 5.18. The van der Waals surface area contributed by atoms with Gasteiger partial charge >= 0.3 is 0 Å². The van der Waals surface area contributed by atoms with E-state index in [1.165, 1.54) is 11.3 Å². The third-order valence-electron chi connectivity index (χ3n) is 1.17. The van der Waals surface area contributed by atoms with Crippen LogP contribution in [0.1, 0.15) is 25.6 Å². The largest absolute Gasteiger partial charge is 0.370 e. The molecule has 0 saturated heterocycles. The zero-order chi connectivity index (χ0) is 9.19. The first-order chi connectivity index (χ1) is 5.47. The summed E-state index contributed by atoms with van der Waals surface area (Å²) in [7, 11) is 0. The van der Waals surface area contributed by atoms with Gasteiger partial charge in [0.2, 0.25) is 0 Å². The van der Waals surface area contributed by atoms with Crippen LogP contribution in [0.15, 0.2) is 6.20 Å². The molecule has 0 bridgehead atoms. The third-order valence-corrected chi connectivity index (χ3v) is 2.26. The molecule has 0 aliphatic rings. The molecule has 0 atom stereocenters. The van der Waals surface area contributed by atoms with Crippen LogP contribution in [0.3, 0.4) is 0 Å². The van der Waals surface area contributed by atoms with Crippen molar-refractivity contribution in [2.45, 2.75) is 33.0 Å². The predicted molar refractivity (Wildman–Crippen MR) is 51.7 cm³/mol. The Morgan fingerprint density at radius 1 is 1.58 bits per heavy atom. The van der Waals surface area contributed by atoms with Crippen molar-refractivity contribution < 1.29 is 4.74 Å². The lowest BCUT2D eigenvalue weighted by molar-refractivity contribution is -0.0137. The molecular formula is C8H12ClNOS. The van der Waals surface area contributed by atoms with E-state index in [9.17, 15) is 0 Å². The third kappa shape index (κ3) is 3.52. The first-order valence-corrected chi connectivity index (χ1v) is 4.91. The first-order valence-electron chi connectivity index (χ1n) is 3.71. The fraction of sp³-hybridized carbons (Fsp3) is 0.625. The van der Waals surface area contributed by atoms with E-state index in [1.54, 1.807) is 6.20 Å². The molecule has 0 aliphatic carbocycles. The molecule has 1 aromatic rings. The molecule has 2 nitrogen and oxygen atoms in total. The van der Waals surface area contributed by atoms with Crippen molar-refractivity contribution >= 4 is 22.9 Å². The Morgan fingerprint density at radius 3 is 2.67 bits per heavy atom. The Balaban J connectivity index is 2.44. The van der Waals surface area contributed by atoms with Gasteiger partial charge in [-0.3, -0.25) is 0 Å². The van der Waals surface area contributed by atoms with Gasteiger partial charge in [0.15, 0.2) is 4.47 Å². The van der Waals surface area contributed by atoms with Gasteiger partial charge in [0, 0.05) is 6.20 Å². The smallest absolute Gasteiger partial charge is 0.183 e. The summed E-state index contributed by atoms with van der Waals surface area (Å²) in [5, 5.41) is 0. The average Bonchev–Trinajstić information content (AvgIpc) is 2.30. The lowest BCUT2D eigenvalue weighted by atomic mass is 10.2. The van der Waals surface area contributed by atoms with Crippen LogP contribution in [0.25, 0.3) is 0 Å². The summed E-state index contributed by atoms with van der Waals surface area (Å²) in [5.74, 6) is 0. The van der Waals surface area contributed by atoms with E-state index in [1.807, 2.05) is 20.8 Å². The van der Waals surface area contributed by atoms with Crippen LogP contribution in [-0.2, 0) is 11.3 Å². The SMILES string of the molecule is CC(C)(C)OCc1cnc(Cl)s1. The van der Waals surface area contributed by atoms with Gasteiger partial charge in [-0.2, -0.15) is 0 Å². The molecule has 1 aromatic heterocycles. The molecule has 4 heteroatoms. The summed E-state index contributed by atoms with van der Waals surface area (Å²) >= 11 is 7.12. The number of hydrogen-bond acceptors (Lipinski definition) is 3. The molecule has 0 fully saturated rings. The van der Waals surface area contributed by atoms with E-state index in [0.29, 0.717) is 11.1 Å². The molecule has 0 aliphatic heterocycles. The molecule has 0 amide bonds. The van der Waals surface area contributed by atoms with Gasteiger partial charge in [-0.25, -0.2) is 4.98 Å². The molecule has 0 spiro atoms. The number of rotatable bonds is 2. The molecular weight excluding hydrogens is 194 g/mol. The molecule has 0 radical (unpaired) electrons.